The molecule has 1 aromatic carbocycles. The van der Waals surface area contributed by atoms with Crippen LogP contribution in [0, 0.1) is 6.92 Å². The molecule has 3 nitrogen and oxygen atoms in total. The van der Waals surface area contributed by atoms with E-state index in [2.05, 4.69) is 43.3 Å². The smallest absolute Gasteiger partial charge is 0.149 e. The maximum Gasteiger partial charge on any atom is 0.149 e. The fraction of sp³-hybridized carbons (Fsp3) is 0.400. The molecular formula is C15H19NO2S. The van der Waals surface area contributed by atoms with Gasteiger partial charge in [0.2, 0.25) is 0 Å². The zero-order valence-electron chi connectivity index (χ0n) is 11.6. The van der Waals surface area contributed by atoms with Gasteiger partial charge in [-0.3, -0.25) is 4.21 Å². The standard InChI is InChI=1S/C15H19NO2S/c1-11(2)14-6-4-13(5-7-14)9-19(17)10-15-8-12(3)16-18-15/h4-8,11H,9-10H2,1-3H3/t19-/m0/s1. The molecule has 0 unspecified atom stereocenters. The molecule has 102 valence electrons. The third-order valence-corrected chi connectivity index (χ3v) is 4.22. The molecule has 0 saturated heterocycles. The van der Waals surface area contributed by atoms with E-state index in [1.165, 1.54) is 5.56 Å². The number of aromatic nitrogens is 1. The molecule has 0 saturated carbocycles. The highest BCUT2D eigenvalue weighted by Crippen LogP contribution is 2.16. The van der Waals surface area contributed by atoms with Crippen molar-refractivity contribution in [1.29, 1.82) is 0 Å². The summed E-state index contributed by atoms with van der Waals surface area (Å²) in [5.74, 6) is 2.19. The van der Waals surface area contributed by atoms with Crippen molar-refractivity contribution < 1.29 is 8.73 Å². The first-order valence-electron chi connectivity index (χ1n) is 6.40. The third-order valence-electron chi connectivity index (χ3n) is 2.95. The fourth-order valence-corrected chi connectivity index (χ4v) is 3.00. The summed E-state index contributed by atoms with van der Waals surface area (Å²) < 4.78 is 17.1. The predicted molar refractivity (Wildman–Crippen MR) is 77.3 cm³/mol. The second-order valence-corrected chi connectivity index (χ2v) is 6.52. The number of nitrogens with zero attached hydrogens (tertiary/aromatic N) is 1. The van der Waals surface area contributed by atoms with Crippen molar-refractivity contribution >= 4 is 10.8 Å². The zero-order chi connectivity index (χ0) is 13.8. The van der Waals surface area contributed by atoms with Gasteiger partial charge in [0.15, 0.2) is 0 Å². The molecule has 0 fully saturated rings. The molecule has 1 aromatic heterocycles. The van der Waals surface area contributed by atoms with Gasteiger partial charge in [0.1, 0.15) is 5.76 Å². The molecule has 1 heterocycles. The number of hydrogen-bond acceptors (Lipinski definition) is 3. The van der Waals surface area contributed by atoms with Crippen molar-refractivity contribution in [3.63, 3.8) is 0 Å². The van der Waals surface area contributed by atoms with Crippen LogP contribution in [0.1, 0.15) is 42.3 Å². The molecule has 0 aliphatic rings. The summed E-state index contributed by atoms with van der Waals surface area (Å²) in [6.45, 7) is 6.19. The van der Waals surface area contributed by atoms with E-state index >= 15 is 0 Å². The number of hydrogen-bond donors (Lipinski definition) is 0. The maximum absolute atomic E-state index is 12.0. The minimum absolute atomic E-state index is 0.423. The van der Waals surface area contributed by atoms with E-state index in [9.17, 15) is 4.21 Å². The zero-order valence-corrected chi connectivity index (χ0v) is 12.4. The van der Waals surface area contributed by atoms with Crippen LogP contribution in [0.15, 0.2) is 34.9 Å². The lowest BCUT2D eigenvalue weighted by molar-refractivity contribution is 0.390. The van der Waals surface area contributed by atoms with Crippen LogP contribution in [0.2, 0.25) is 0 Å². The van der Waals surface area contributed by atoms with Gasteiger partial charge in [-0.25, -0.2) is 0 Å². The summed E-state index contributed by atoms with van der Waals surface area (Å²) in [5.41, 5.74) is 3.23. The summed E-state index contributed by atoms with van der Waals surface area (Å²) in [5, 5.41) is 3.80. The molecule has 0 bridgehead atoms. The molecule has 0 spiro atoms. The van der Waals surface area contributed by atoms with Gasteiger partial charge in [0.25, 0.3) is 0 Å². The lowest BCUT2D eigenvalue weighted by atomic mass is 10.0. The average molecular weight is 277 g/mol. The molecule has 0 N–H and O–H groups in total. The summed E-state index contributed by atoms with van der Waals surface area (Å²) in [6, 6.07) is 10.2. The fourth-order valence-electron chi connectivity index (χ4n) is 1.88. The van der Waals surface area contributed by atoms with Crippen molar-refractivity contribution in [1.82, 2.24) is 5.16 Å². The van der Waals surface area contributed by atoms with Crippen LogP contribution in [-0.2, 0) is 22.3 Å². The van der Waals surface area contributed by atoms with Gasteiger partial charge in [-0.2, -0.15) is 0 Å². The summed E-state index contributed by atoms with van der Waals surface area (Å²) in [6.07, 6.45) is 0. The average Bonchev–Trinajstić information content (AvgIpc) is 2.75. The van der Waals surface area contributed by atoms with Gasteiger partial charge in [-0.1, -0.05) is 43.3 Å². The minimum atomic E-state index is -0.960. The Bertz CT molecular complexity index is 558. The minimum Gasteiger partial charge on any atom is -0.360 e. The van der Waals surface area contributed by atoms with Crippen molar-refractivity contribution in [3.05, 3.63) is 52.9 Å². The van der Waals surface area contributed by atoms with Gasteiger partial charge in [-0.05, 0) is 24.0 Å². The normalized spacial score (nSPS) is 12.8. The first kappa shape index (κ1) is 14.0. The summed E-state index contributed by atoms with van der Waals surface area (Å²) >= 11 is 0. The Morgan fingerprint density at radius 1 is 1.21 bits per heavy atom. The van der Waals surface area contributed by atoms with E-state index in [-0.39, 0.29) is 0 Å². The van der Waals surface area contributed by atoms with Gasteiger partial charge in [-0.15, -0.1) is 0 Å². The molecule has 0 aliphatic carbocycles. The highest BCUT2D eigenvalue weighted by atomic mass is 32.2. The molecule has 2 rings (SSSR count). The topological polar surface area (TPSA) is 43.1 Å². The van der Waals surface area contributed by atoms with Crippen LogP contribution in [0.4, 0.5) is 0 Å². The Labute approximate surface area is 116 Å². The molecule has 2 aromatic rings. The maximum atomic E-state index is 12.0. The second kappa shape index (κ2) is 6.15. The van der Waals surface area contributed by atoms with E-state index in [4.69, 9.17) is 4.52 Å². The number of rotatable bonds is 5. The van der Waals surface area contributed by atoms with E-state index in [1.807, 2.05) is 13.0 Å². The third kappa shape index (κ3) is 4.03. The lowest BCUT2D eigenvalue weighted by Crippen LogP contribution is -1.99. The molecule has 4 heteroatoms. The molecule has 0 amide bonds. The Morgan fingerprint density at radius 2 is 1.89 bits per heavy atom. The van der Waals surface area contributed by atoms with Gasteiger partial charge < -0.3 is 4.52 Å². The SMILES string of the molecule is Cc1cc(C[S@@](=O)Cc2ccc(C(C)C)cc2)on1. The molecule has 0 radical (unpaired) electrons. The number of benzene rings is 1. The van der Waals surface area contributed by atoms with Crippen molar-refractivity contribution in [2.24, 2.45) is 0 Å². The van der Waals surface area contributed by atoms with Gasteiger partial charge in [0, 0.05) is 22.6 Å². The Morgan fingerprint density at radius 3 is 2.42 bits per heavy atom. The van der Waals surface area contributed by atoms with Gasteiger partial charge in [0.05, 0.1) is 11.4 Å². The van der Waals surface area contributed by atoms with Crippen molar-refractivity contribution in [2.75, 3.05) is 0 Å². The molecule has 19 heavy (non-hydrogen) atoms. The van der Waals surface area contributed by atoms with E-state index in [0.29, 0.717) is 23.2 Å². The van der Waals surface area contributed by atoms with Crippen LogP contribution >= 0.6 is 0 Å². The molecule has 1 atom stereocenters. The van der Waals surface area contributed by atoms with E-state index < -0.39 is 10.8 Å². The van der Waals surface area contributed by atoms with Crippen LogP contribution in [0.5, 0.6) is 0 Å². The summed E-state index contributed by atoms with van der Waals surface area (Å²) in [4.78, 5) is 0. The Hall–Kier alpha value is -1.42. The van der Waals surface area contributed by atoms with E-state index in [0.717, 1.165) is 11.3 Å². The first-order chi connectivity index (χ1) is 9.04. The molecule has 0 aliphatic heterocycles. The number of aryl methyl sites for hydroxylation is 1. The second-order valence-electron chi connectivity index (χ2n) is 5.06. The van der Waals surface area contributed by atoms with Gasteiger partial charge >= 0.3 is 0 Å². The van der Waals surface area contributed by atoms with Crippen LogP contribution in [-0.4, -0.2) is 9.37 Å². The highest BCUT2D eigenvalue weighted by molar-refractivity contribution is 7.83. The highest BCUT2D eigenvalue weighted by Gasteiger charge is 2.08. The Balaban J connectivity index is 1.95. The van der Waals surface area contributed by atoms with Crippen LogP contribution in [0.3, 0.4) is 0 Å². The summed E-state index contributed by atoms with van der Waals surface area (Å²) in [7, 11) is -0.960. The Kier molecular flexibility index (Phi) is 4.53. The van der Waals surface area contributed by atoms with Crippen molar-refractivity contribution in [2.45, 2.75) is 38.2 Å². The van der Waals surface area contributed by atoms with E-state index in [1.54, 1.807) is 0 Å². The first-order valence-corrected chi connectivity index (χ1v) is 7.89. The van der Waals surface area contributed by atoms with Crippen LogP contribution in [0.25, 0.3) is 0 Å². The lowest BCUT2D eigenvalue weighted by Gasteiger charge is -2.06. The predicted octanol–water partition coefficient (Wildman–Crippen LogP) is 3.56. The van der Waals surface area contributed by atoms with Crippen LogP contribution < -0.4 is 0 Å². The monoisotopic (exact) mass is 277 g/mol. The quantitative estimate of drug-likeness (QED) is 0.839. The van der Waals surface area contributed by atoms with Crippen molar-refractivity contribution in [3.8, 4) is 0 Å². The largest absolute Gasteiger partial charge is 0.360 e. The molecular weight excluding hydrogens is 258 g/mol.